The summed E-state index contributed by atoms with van der Waals surface area (Å²) in [5.74, 6) is -3.26. The van der Waals surface area contributed by atoms with Crippen LogP contribution < -0.4 is 0 Å². The molecule has 1 saturated carbocycles. The predicted octanol–water partition coefficient (Wildman–Crippen LogP) is 2.00. The first kappa shape index (κ1) is 13.4. The van der Waals surface area contributed by atoms with Crippen molar-refractivity contribution in [3.8, 4) is 0 Å². The number of benzene rings is 1. The first-order valence-corrected chi connectivity index (χ1v) is 7.25. The lowest BCUT2D eigenvalue weighted by Crippen LogP contribution is -2.18. The number of aliphatic hydroxyl groups excluding tert-OH is 1. The molecule has 1 aromatic rings. The van der Waals surface area contributed by atoms with E-state index in [9.17, 15) is 22.3 Å². The van der Waals surface area contributed by atoms with E-state index in [1.165, 1.54) is 12.1 Å². The second-order valence-corrected chi connectivity index (χ2v) is 6.41. The van der Waals surface area contributed by atoms with E-state index in [4.69, 9.17) is 0 Å². The van der Waals surface area contributed by atoms with Crippen LogP contribution in [0.2, 0.25) is 0 Å². The van der Waals surface area contributed by atoms with Crippen molar-refractivity contribution in [3.63, 3.8) is 0 Å². The summed E-state index contributed by atoms with van der Waals surface area (Å²) >= 11 is 0. The number of halogens is 2. The van der Waals surface area contributed by atoms with Gasteiger partial charge in [-0.05, 0) is 36.8 Å². The van der Waals surface area contributed by atoms with Crippen LogP contribution in [0.1, 0.15) is 18.4 Å². The van der Waals surface area contributed by atoms with E-state index in [1.54, 1.807) is 6.07 Å². The van der Waals surface area contributed by atoms with Crippen LogP contribution in [-0.4, -0.2) is 25.4 Å². The predicted molar refractivity (Wildman–Crippen MR) is 62.1 cm³/mol. The van der Waals surface area contributed by atoms with E-state index >= 15 is 0 Å². The summed E-state index contributed by atoms with van der Waals surface area (Å²) in [5, 5.41) is 9.79. The van der Waals surface area contributed by atoms with Crippen LogP contribution >= 0.6 is 0 Å². The summed E-state index contributed by atoms with van der Waals surface area (Å²) in [5.41, 5.74) is 0.261. The van der Waals surface area contributed by atoms with Crippen molar-refractivity contribution in [2.75, 3.05) is 0 Å². The van der Waals surface area contributed by atoms with Crippen LogP contribution in [0.3, 0.4) is 0 Å². The van der Waals surface area contributed by atoms with Crippen molar-refractivity contribution in [3.05, 3.63) is 29.8 Å². The first-order chi connectivity index (χ1) is 8.43. The molecule has 1 atom stereocenters. The molecule has 3 nitrogen and oxygen atoms in total. The molecule has 2 rings (SSSR count). The summed E-state index contributed by atoms with van der Waals surface area (Å²) in [4.78, 5) is -0.375. The van der Waals surface area contributed by atoms with Crippen LogP contribution in [0, 0.1) is 5.92 Å². The average molecular weight is 276 g/mol. The minimum atomic E-state index is -4.60. The molecule has 0 heterocycles. The molecule has 18 heavy (non-hydrogen) atoms. The van der Waals surface area contributed by atoms with Gasteiger partial charge in [0.2, 0.25) is 9.84 Å². The zero-order valence-corrected chi connectivity index (χ0v) is 10.4. The van der Waals surface area contributed by atoms with Gasteiger partial charge in [0, 0.05) is 0 Å². The van der Waals surface area contributed by atoms with Gasteiger partial charge in [0.1, 0.15) is 0 Å². The van der Waals surface area contributed by atoms with E-state index in [0.29, 0.717) is 0 Å². The van der Waals surface area contributed by atoms with Gasteiger partial charge in [-0.2, -0.15) is 8.78 Å². The van der Waals surface area contributed by atoms with Gasteiger partial charge in [-0.1, -0.05) is 18.2 Å². The summed E-state index contributed by atoms with van der Waals surface area (Å²) in [6, 6.07) is 5.62. The highest BCUT2D eigenvalue weighted by molar-refractivity contribution is 7.91. The molecular formula is C12H14F2O3S. The maximum Gasteiger partial charge on any atom is 0.341 e. The topological polar surface area (TPSA) is 54.4 Å². The molecule has 1 N–H and O–H groups in total. The number of aliphatic hydroxyl groups is 1. The number of hydrogen-bond acceptors (Lipinski definition) is 3. The van der Waals surface area contributed by atoms with Gasteiger partial charge in [-0.15, -0.1) is 0 Å². The Morgan fingerprint density at radius 1 is 1.28 bits per heavy atom. The van der Waals surface area contributed by atoms with Crippen LogP contribution in [-0.2, 0) is 16.3 Å². The fourth-order valence-electron chi connectivity index (χ4n) is 1.92. The SMILES string of the molecule is O=S(=O)(c1ccccc1CC(O)C1CC1)C(F)F. The number of rotatable bonds is 5. The summed E-state index contributed by atoms with van der Waals surface area (Å²) in [6.07, 6.45) is 1.27. The van der Waals surface area contributed by atoms with Gasteiger partial charge >= 0.3 is 5.76 Å². The minimum absolute atomic E-state index is 0.104. The van der Waals surface area contributed by atoms with Gasteiger partial charge in [-0.25, -0.2) is 8.42 Å². The average Bonchev–Trinajstić information content (AvgIpc) is 3.13. The maximum absolute atomic E-state index is 12.5. The fourth-order valence-corrected chi connectivity index (χ4v) is 2.90. The molecule has 0 spiro atoms. The first-order valence-electron chi connectivity index (χ1n) is 5.71. The van der Waals surface area contributed by atoms with E-state index in [2.05, 4.69) is 0 Å². The van der Waals surface area contributed by atoms with Gasteiger partial charge in [0.05, 0.1) is 11.0 Å². The Balaban J connectivity index is 2.30. The third-order valence-electron chi connectivity index (χ3n) is 3.11. The Kier molecular flexibility index (Phi) is 3.68. The number of sulfone groups is 1. The molecule has 0 radical (unpaired) electrons. The Morgan fingerprint density at radius 3 is 2.44 bits per heavy atom. The summed E-state index contributed by atoms with van der Waals surface area (Å²) in [6.45, 7) is 0. The molecular weight excluding hydrogens is 262 g/mol. The monoisotopic (exact) mass is 276 g/mol. The smallest absolute Gasteiger partial charge is 0.341 e. The molecule has 1 aliphatic rings. The Morgan fingerprint density at radius 2 is 1.89 bits per heavy atom. The highest BCUT2D eigenvalue weighted by Crippen LogP contribution is 2.35. The van der Waals surface area contributed by atoms with Gasteiger partial charge in [-0.3, -0.25) is 0 Å². The minimum Gasteiger partial charge on any atom is -0.392 e. The number of hydrogen-bond donors (Lipinski definition) is 1. The lowest BCUT2D eigenvalue weighted by molar-refractivity contribution is 0.151. The Bertz CT molecular complexity index is 524. The van der Waals surface area contributed by atoms with Crippen molar-refractivity contribution in [2.45, 2.75) is 36.0 Å². The lowest BCUT2D eigenvalue weighted by atomic mass is 10.1. The number of alkyl halides is 2. The second kappa shape index (κ2) is 4.93. The Labute approximate surface area is 104 Å². The highest BCUT2D eigenvalue weighted by atomic mass is 32.2. The van der Waals surface area contributed by atoms with Crippen LogP contribution in [0.25, 0.3) is 0 Å². The normalized spacial score (nSPS) is 18.0. The molecule has 1 aromatic carbocycles. The van der Waals surface area contributed by atoms with Crippen LogP contribution in [0.4, 0.5) is 8.78 Å². The molecule has 0 bridgehead atoms. The van der Waals surface area contributed by atoms with Gasteiger partial charge in [0.25, 0.3) is 0 Å². The van der Waals surface area contributed by atoms with Crippen molar-refractivity contribution in [1.82, 2.24) is 0 Å². The zero-order valence-electron chi connectivity index (χ0n) is 9.59. The molecule has 0 amide bonds. The fraction of sp³-hybridized carbons (Fsp3) is 0.500. The van der Waals surface area contributed by atoms with Crippen molar-refractivity contribution in [1.29, 1.82) is 0 Å². The zero-order chi connectivity index (χ0) is 13.3. The molecule has 6 heteroatoms. The third kappa shape index (κ3) is 2.70. The highest BCUT2D eigenvalue weighted by Gasteiger charge is 2.33. The molecule has 0 aromatic heterocycles. The summed E-state index contributed by atoms with van der Waals surface area (Å²) in [7, 11) is -4.60. The standard InChI is InChI=1S/C12H14F2O3S/c13-12(14)18(16,17)11-4-2-1-3-9(11)7-10(15)8-5-6-8/h1-4,8,10,12,15H,5-7H2. The van der Waals surface area contributed by atoms with Crippen molar-refractivity contribution >= 4 is 9.84 Å². The quantitative estimate of drug-likeness (QED) is 0.895. The van der Waals surface area contributed by atoms with E-state index in [1.807, 2.05) is 0 Å². The second-order valence-electron chi connectivity index (χ2n) is 4.52. The molecule has 0 aliphatic heterocycles. The largest absolute Gasteiger partial charge is 0.392 e. The summed E-state index contributed by atoms with van der Waals surface area (Å²) < 4.78 is 48.0. The van der Waals surface area contributed by atoms with Crippen molar-refractivity contribution < 1.29 is 22.3 Å². The maximum atomic E-state index is 12.5. The lowest BCUT2D eigenvalue weighted by Gasteiger charge is -2.13. The Hall–Kier alpha value is -1.01. The van der Waals surface area contributed by atoms with Crippen molar-refractivity contribution in [2.24, 2.45) is 5.92 Å². The van der Waals surface area contributed by atoms with E-state index < -0.39 is 21.7 Å². The molecule has 1 unspecified atom stereocenters. The van der Waals surface area contributed by atoms with Crippen LogP contribution in [0.5, 0.6) is 0 Å². The molecule has 1 fully saturated rings. The molecule has 0 saturated heterocycles. The van der Waals surface area contributed by atoms with E-state index in [-0.39, 0.29) is 22.8 Å². The van der Waals surface area contributed by atoms with Gasteiger partial charge in [0.15, 0.2) is 0 Å². The van der Waals surface area contributed by atoms with E-state index in [0.717, 1.165) is 18.9 Å². The molecule has 1 aliphatic carbocycles. The molecule has 100 valence electrons. The third-order valence-corrected chi connectivity index (χ3v) is 4.59. The van der Waals surface area contributed by atoms with Gasteiger partial charge < -0.3 is 5.11 Å². The van der Waals surface area contributed by atoms with Crippen LogP contribution in [0.15, 0.2) is 29.2 Å².